The zero-order chi connectivity index (χ0) is 16.9. The van der Waals surface area contributed by atoms with Gasteiger partial charge in [0.25, 0.3) is 15.9 Å². The number of carbonyl (C=O) groups is 1. The van der Waals surface area contributed by atoms with Crippen LogP contribution < -0.4 is 4.72 Å². The number of nitrogens with one attached hydrogen (secondary N) is 1. The van der Waals surface area contributed by atoms with E-state index in [4.69, 9.17) is 9.47 Å². The average molecular weight is 341 g/mol. The van der Waals surface area contributed by atoms with Gasteiger partial charge in [-0.05, 0) is 50.8 Å². The van der Waals surface area contributed by atoms with Gasteiger partial charge in [0.05, 0.1) is 17.6 Å². The summed E-state index contributed by atoms with van der Waals surface area (Å²) in [4.78, 5) is 12.1. The van der Waals surface area contributed by atoms with Gasteiger partial charge in [0.1, 0.15) is 6.10 Å². The zero-order valence-corrected chi connectivity index (χ0v) is 14.3. The van der Waals surface area contributed by atoms with Gasteiger partial charge >= 0.3 is 0 Å². The van der Waals surface area contributed by atoms with E-state index in [1.807, 2.05) is 0 Å². The summed E-state index contributed by atoms with van der Waals surface area (Å²) in [5.74, 6) is -0.678. The Morgan fingerprint density at radius 2 is 2.22 bits per heavy atom. The van der Waals surface area contributed by atoms with E-state index < -0.39 is 22.0 Å². The van der Waals surface area contributed by atoms with E-state index >= 15 is 0 Å². The van der Waals surface area contributed by atoms with Crippen molar-refractivity contribution in [2.45, 2.75) is 50.2 Å². The highest BCUT2D eigenvalue weighted by Crippen LogP contribution is 2.14. The Kier molecular flexibility index (Phi) is 6.15. The summed E-state index contributed by atoms with van der Waals surface area (Å²) < 4.78 is 37.4. The van der Waals surface area contributed by atoms with Crippen molar-refractivity contribution in [1.82, 2.24) is 4.72 Å². The lowest BCUT2D eigenvalue weighted by molar-refractivity contribution is -0.133. The Labute approximate surface area is 137 Å². The van der Waals surface area contributed by atoms with Crippen LogP contribution in [0, 0.1) is 6.92 Å². The molecule has 0 bridgehead atoms. The first-order valence-corrected chi connectivity index (χ1v) is 9.23. The van der Waals surface area contributed by atoms with E-state index in [1.165, 1.54) is 19.1 Å². The lowest BCUT2D eigenvalue weighted by atomic mass is 10.1. The Morgan fingerprint density at radius 1 is 1.43 bits per heavy atom. The number of benzene rings is 1. The molecule has 0 spiro atoms. The summed E-state index contributed by atoms with van der Waals surface area (Å²) in [6, 6.07) is 6.38. The predicted molar refractivity (Wildman–Crippen MR) is 85.5 cm³/mol. The maximum Gasteiger partial charge on any atom is 0.264 e. The molecule has 23 heavy (non-hydrogen) atoms. The van der Waals surface area contributed by atoms with Crippen LogP contribution in [-0.2, 0) is 24.3 Å². The largest absolute Gasteiger partial charge is 0.376 e. The minimum absolute atomic E-state index is 0.0209. The molecular formula is C16H23NO5S. The van der Waals surface area contributed by atoms with E-state index in [-0.39, 0.29) is 11.0 Å². The Morgan fingerprint density at radius 3 is 2.87 bits per heavy atom. The maximum absolute atomic E-state index is 12.2. The Balaban J connectivity index is 1.89. The molecule has 0 unspecified atom stereocenters. The molecular weight excluding hydrogens is 318 g/mol. The van der Waals surface area contributed by atoms with E-state index in [9.17, 15) is 13.2 Å². The van der Waals surface area contributed by atoms with Gasteiger partial charge in [0.15, 0.2) is 0 Å². The second-order valence-corrected chi connectivity index (χ2v) is 7.43. The first kappa shape index (κ1) is 17.9. The van der Waals surface area contributed by atoms with Crippen LogP contribution in [0.1, 0.15) is 31.7 Å². The third kappa shape index (κ3) is 5.30. The average Bonchev–Trinajstić information content (AvgIpc) is 2.53. The van der Waals surface area contributed by atoms with Gasteiger partial charge in [-0.15, -0.1) is 0 Å². The van der Waals surface area contributed by atoms with Crippen molar-refractivity contribution in [1.29, 1.82) is 0 Å². The minimum atomic E-state index is -3.88. The molecule has 128 valence electrons. The number of hydrogen-bond donors (Lipinski definition) is 1. The lowest BCUT2D eigenvalue weighted by Gasteiger charge is -2.23. The quantitative estimate of drug-likeness (QED) is 0.853. The third-order valence-corrected chi connectivity index (χ3v) is 5.05. The number of rotatable bonds is 6. The molecule has 1 fully saturated rings. The van der Waals surface area contributed by atoms with Crippen LogP contribution in [-0.4, -0.2) is 39.7 Å². The standard InChI is InChI=1S/C16H23NO5S/c1-12-6-5-8-15(10-12)23(19,20)17-16(18)13(2)22-11-14-7-3-4-9-21-14/h5-6,8,10,13-14H,3-4,7,9,11H2,1-2H3,(H,17,18)/t13-,14-/m1/s1. The second-order valence-electron chi connectivity index (χ2n) is 5.75. The molecule has 0 radical (unpaired) electrons. The third-order valence-electron chi connectivity index (χ3n) is 3.71. The number of sulfonamides is 1. The molecule has 1 aromatic carbocycles. The number of amides is 1. The van der Waals surface area contributed by atoms with Crippen molar-refractivity contribution < 1.29 is 22.7 Å². The lowest BCUT2D eigenvalue weighted by Crippen LogP contribution is -2.40. The van der Waals surface area contributed by atoms with Gasteiger partial charge in [0.2, 0.25) is 0 Å². The van der Waals surface area contributed by atoms with Gasteiger partial charge in [-0.2, -0.15) is 0 Å². The van der Waals surface area contributed by atoms with E-state index in [0.29, 0.717) is 13.2 Å². The number of aryl methyl sites for hydroxylation is 1. The van der Waals surface area contributed by atoms with Crippen molar-refractivity contribution in [3.05, 3.63) is 29.8 Å². The molecule has 1 amide bonds. The maximum atomic E-state index is 12.2. The van der Waals surface area contributed by atoms with Crippen LogP contribution >= 0.6 is 0 Å². The topological polar surface area (TPSA) is 81.7 Å². The SMILES string of the molecule is Cc1cccc(S(=O)(=O)NC(=O)[C@@H](C)OC[C@H]2CCCCO2)c1. The molecule has 0 saturated carbocycles. The van der Waals surface area contributed by atoms with E-state index in [0.717, 1.165) is 24.8 Å². The summed E-state index contributed by atoms with van der Waals surface area (Å²) >= 11 is 0. The minimum Gasteiger partial charge on any atom is -0.376 e. The molecule has 1 heterocycles. The predicted octanol–water partition coefficient (Wildman–Crippen LogP) is 1.77. The second kappa shape index (κ2) is 7.90. The van der Waals surface area contributed by atoms with Gasteiger partial charge in [-0.3, -0.25) is 4.79 Å². The monoisotopic (exact) mass is 341 g/mol. The molecule has 6 nitrogen and oxygen atoms in total. The van der Waals surface area contributed by atoms with Crippen LogP contribution in [0.25, 0.3) is 0 Å². The van der Waals surface area contributed by atoms with Crippen molar-refractivity contribution in [3.63, 3.8) is 0 Å². The van der Waals surface area contributed by atoms with E-state index in [1.54, 1.807) is 19.1 Å². The fraction of sp³-hybridized carbons (Fsp3) is 0.562. The first-order chi connectivity index (χ1) is 10.9. The van der Waals surface area contributed by atoms with Gasteiger partial charge in [-0.1, -0.05) is 12.1 Å². The molecule has 1 aliphatic heterocycles. The highest BCUT2D eigenvalue weighted by Gasteiger charge is 2.23. The van der Waals surface area contributed by atoms with Crippen LogP contribution in [0.3, 0.4) is 0 Å². The summed E-state index contributed by atoms with van der Waals surface area (Å²) in [6.07, 6.45) is 2.14. The molecule has 1 aromatic rings. The van der Waals surface area contributed by atoms with Crippen LogP contribution in [0.5, 0.6) is 0 Å². The molecule has 1 aliphatic rings. The van der Waals surface area contributed by atoms with Crippen LogP contribution in [0.4, 0.5) is 0 Å². The fourth-order valence-corrected chi connectivity index (χ4v) is 3.47. The molecule has 1 N–H and O–H groups in total. The smallest absolute Gasteiger partial charge is 0.264 e. The molecule has 2 rings (SSSR count). The number of hydrogen-bond acceptors (Lipinski definition) is 5. The molecule has 0 aliphatic carbocycles. The van der Waals surface area contributed by atoms with Crippen molar-refractivity contribution in [2.75, 3.05) is 13.2 Å². The Bertz CT molecular complexity index is 638. The highest BCUT2D eigenvalue weighted by atomic mass is 32.2. The molecule has 7 heteroatoms. The normalized spacial score (nSPS) is 20.0. The summed E-state index contributed by atoms with van der Waals surface area (Å²) in [6.45, 7) is 4.32. The van der Waals surface area contributed by atoms with Crippen molar-refractivity contribution >= 4 is 15.9 Å². The molecule has 2 atom stereocenters. The Hall–Kier alpha value is -1.44. The highest BCUT2D eigenvalue weighted by molar-refractivity contribution is 7.90. The fourth-order valence-electron chi connectivity index (χ4n) is 2.32. The van der Waals surface area contributed by atoms with Gasteiger partial charge < -0.3 is 9.47 Å². The summed E-state index contributed by atoms with van der Waals surface area (Å²) in [5, 5.41) is 0. The zero-order valence-electron chi connectivity index (χ0n) is 13.4. The molecule has 1 saturated heterocycles. The van der Waals surface area contributed by atoms with Crippen LogP contribution in [0.15, 0.2) is 29.2 Å². The first-order valence-electron chi connectivity index (χ1n) is 7.75. The van der Waals surface area contributed by atoms with Crippen molar-refractivity contribution in [3.8, 4) is 0 Å². The van der Waals surface area contributed by atoms with E-state index in [2.05, 4.69) is 4.72 Å². The summed E-state index contributed by atoms with van der Waals surface area (Å²) in [7, 11) is -3.88. The van der Waals surface area contributed by atoms with Gasteiger partial charge in [-0.25, -0.2) is 13.1 Å². The number of carbonyl (C=O) groups excluding carboxylic acids is 1. The molecule has 0 aromatic heterocycles. The van der Waals surface area contributed by atoms with Crippen LogP contribution in [0.2, 0.25) is 0 Å². The van der Waals surface area contributed by atoms with Crippen molar-refractivity contribution in [2.24, 2.45) is 0 Å². The van der Waals surface area contributed by atoms with Gasteiger partial charge in [0, 0.05) is 6.61 Å². The summed E-state index contributed by atoms with van der Waals surface area (Å²) in [5.41, 5.74) is 0.805. The number of ether oxygens (including phenoxy) is 2.